The molecule has 8 N–H and O–H groups in total. The maximum Gasteiger partial charge on any atom is 0.508 e. The largest absolute Gasteiger partial charge is 0.508 e. The molecule has 107 heavy (non-hydrogen) atoms. The van der Waals surface area contributed by atoms with Crippen LogP contribution in [0, 0.1) is 29.6 Å². The predicted molar refractivity (Wildman–Crippen MR) is 385 cm³/mol. The van der Waals surface area contributed by atoms with Gasteiger partial charge in [0, 0.05) is 97.3 Å². The molecule has 13 atom stereocenters. The average molecular weight is 1500 g/mol. The Morgan fingerprint density at radius 1 is 0.710 bits per heavy atom. The van der Waals surface area contributed by atoms with E-state index >= 15 is 4.79 Å². The standard InChI is InChI=1S/C74H105N11O22/c1-39(2)54(80-56(88)33-35-85-57(89)31-32-58(85)90)30-27-51(24-21-34-76-73(75)100)66(93)79-52-28-25-50(26-29-52)38-103-74(101)107-62(40(3)4)53(36-42(7)86)70(97)106-63(41(5)6)60-69(96)84(16)61(47(12)102-17)72(99)104-46(11)59(78-48(13)87)71(98)105-55(37-49-22-19-18-20-23-49)68(95)83(15)44(9)64(91)77-43(8)67(94)82(14)45(10)65(92)81-60/h18-20,22-23,25-26,28-29,31-32,39-41,43,45-47,51,53-55,59-63H,9,21,24,27,30,33-38H2,1-8,10-17H3,(H,77,91)(H,78,87)(H,79,93)(H,80,88)(H,81,92)(H3,75,76,100)/t43-,45-,46+,47+,51+,53-,54+,55+,59-,60-,61-,62+,63+/m0/s1. The average Bonchev–Trinajstić information content (AvgIpc) is 1.26. The summed E-state index contributed by atoms with van der Waals surface area (Å²) in [5.74, 6) is -15.9. The number of amides is 12. The summed E-state index contributed by atoms with van der Waals surface area (Å²) < 4.78 is 34.8. The molecule has 0 aliphatic carbocycles. The van der Waals surface area contributed by atoms with Gasteiger partial charge in [-0.25, -0.2) is 19.2 Å². The summed E-state index contributed by atoms with van der Waals surface area (Å²) >= 11 is 0. The fourth-order valence-corrected chi connectivity index (χ4v) is 11.8. The first-order valence-electron chi connectivity index (χ1n) is 35.3. The van der Waals surface area contributed by atoms with Crippen LogP contribution < -0.4 is 37.6 Å². The molecule has 12 amide bonds. The molecule has 0 bridgehead atoms. The Hall–Kier alpha value is -10.6. The number of imide groups is 1. The van der Waals surface area contributed by atoms with E-state index in [0.717, 1.165) is 45.7 Å². The molecule has 33 heteroatoms. The van der Waals surface area contributed by atoms with Crippen LogP contribution in [0.1, 0.15) is 133 Å². The zero-order valence-corrected chi connectivity index (χ0v) is 63.7. The normalized spacial score (nSPS) is 21.4. The molecule has 2 aliphatic rings. The van der Waals surface area contributed by atoms with Gasteiger partial charge in [0.15, 0.2) is 18.2 Å². The highest BCUT2D eigenvalue weighted by Gasteiger charge is 2.47. The Balaban J connectivity index is 1.65. The molecule has 2 aliphatic heterocycles. The number of nitrogens with zero attached hydrogens (tertiary/aromatic N) is 4. The summed E-state index contributed by atoms with van der Waals surface area (Å²) in [6.45, 7) is 20.8. The van der Waals surface area contributed by atoms with Crippen LogP contribution in [0.2, 0.25) is 0 Å². The first-order valence-corrected chi connectivity index (χ1v) is 35.3. The number of likely N-dealkylation sites (N-methyl/N-ethyl adjacent to an activating group) is 3. The van der Waals surface area contributed by atoms with Gasteiger partial charge in [0.05, 0.1) is 6.10 Å². The van der Waals surface area contributed by atoms with Gasteiger partial charge in [-0.3, -0.25) is 62.4 Å². The molecule has 33 nitrogen and oxygen atoms in total. The van der Waals surface area contributed by atoms with E-state index < -0.39 is 186 Å². The summed E-state index contributed by atoms with van der Waals surface area (Å²) in [4.78, 5) is 222. The first-order chi connectivity index (χ1) is 50.2. The van der Waals surface area contributed by atoms with E-state index in [1.54, 1.807) is 68.4 Å². The maximum atomic E-state index is 15.5. The van der Waals surface area contributed by atoms with Crippen molar-refractivity contribution in [2.75, 3.05) is 46.7 Å². The number of hydrogen-bond donors (Lipinski definition) is 7. The number of ether oxygens (including phenoxy) is 6. The topological polar surface area (TPSA) is 440 Å². The van der Waals surface area contributed by atoms with Gasteiger partial charge in [-0.1, -0.05) is 90.6 Å². The number of urea groups is 1. The molecule has 4 rings (SSSR count). The molecule has 1 saturated heterocycles. The van der Waals surface area contributed by atoms with Crippen molar-refractivity contribution in [2.45, 2.75) is 201 Å². The number of esters is 3. The van der Waals surface area contributed by atoms with Crippen LogP contribution in [0.4, 0.5) is 15.3 Å². The summed E-state index contributed by atoms with van der Waals surface area (Å²) in [6.07, 6.45) is -6.47. The summed E-state index contributed by atoms with van der Waals surface area (Å²) in [5, 5.41) is 15.8. The number of primary amides is 1. The fourth-order valence-electron chi connectivity index (χ4n) is 11.8. The Kier molecular flexibility index (Phi) is 34.8. The molecule has 0 unspecified atom stereocenters. The van der Waals surface area contributed by atoms with Crippen molar-refractivity contribution in [3.63, 3.8) is 0 Å². The van der Waals surface area contributed by atoms with Crippen molar-refractivity contribution in [1.29, 1.82) is 0 Å². The SMILES string of the molecule is C=C1C(=O)N[C@@H](C)C(=O)N(C)[C@@H](C)C(=O)N[C@@H]([C@H](OC(=O)[C@@H](CC(C)=O)[C@H](OC(=O)OCc2ccc(NC(=O)[C@H](CCCNC(N)=O)CC[C@@H](NC(=O)CCN3C(=O)C=CC3=O)C(C)C)cc2)C(C)C)C(C)C)C(=O)N(C)[C@@H]([C@@H](C)OC)C(=O)O[C@H](C)[C@H](NC(C)=O)C(=O)O[C@H](Cc2ccccc2)C(=O)N1C. The number of ketones is 1. The molecule has 0 spiro atoms. The van der Waals surface area contributed by atoms with Crippen LogP contribution in [0.15, 0.2) is 79.0 Å². The summed E-state index contributed by atoms with van der Waals surface area (Å²) in [7, 11) is 4.73. The number of carbonyl (C=O) groups is 16. The van der Waals surface area contributed by atoms with Gasteiger partial charge in [-0.15, -0.1) is 0 Å². The third-order valence-corrected chi connectivity index (χ3v) is 18.3. The van der Waals surface area contributed by atoms with Gasteiger partial charge in [0.25, 0.3) is 23.6 Å². The van der Waals surface area contributed by atoms with Crippen molar-refractivity contribution >= 4 is 101 Å². The van der Waals surface area contributed by atoms with E-state index in [1.165, 1.54) is 69.7 Å². The molecular weight excluding hydrogens is 1390 g/mol. The molecule has 2 aromatic rings. The minimum absolute atomic E-state index is 0.0737. The molecule has 0 radical (unpaired) electrons. The lowest BCUT2D eigenvalue weighted by Gasteiger charge is -2.38. The van der Waals surface area contributed by atoms with Gasteiger partial charge < -0.3 is 80.8 Å². The lowest BCUT2D eigenvalue weighted by atomic mass is 9.88. The Labute approximate surface area is 623 Å². The van der Waals surface area contributed by atoms with Crippen molar-refractivity contribution in [3.8, 4) is 0 Å². The maximum absolute atomic E-state index is 15.5. The quantitative estimate of drug-likeness (QED) is 0.0194. The Morgan fingerprint density at radius 3 is 1.90 bits per heavy atom. The van der Waals surface area contributed by atoms with Gasteiger partial charge in [-0.2, -0.15) is 0 Å². The van der Waals surface area contributed by atoms with Crippen LogP contribution in [-0.4, -0.2) is 223 Å². The molecule has 0 saturated carbocycles. The second kappa shape index (κ2) is 41.9. The van der Waals surface area contributed by atoms with Crippen molar-refractivity contribution in [2.24, 2.45) is 35.3 Å². The molecule has 0 aromatic heterocycles. The van der Waals surface area contributed by atoms with Gasteiger partial charge >= 0.3 is 30.1 Å². The number of nitrogens with two attached hydrogens (primary N) is 1. The lowest BCUT2D eigenvalue weighted by Crippen LogP contribution is -2.63. The third-order valence-electron chi connectivity index (χ3n) is 18.3. The number of nitrogens with one attached hydrogen (secondary N) is 6. The number of Topliss-reactive ketones (excluding diaryl/α,β-unsaturated/α-hetero) is 1. The summed E-state index contributed by atoms with van der Waals surface area (Å²) in [6, 6.07) is 4.85. The Bertz CT molecular complexity index is 3570. The van der Waals surface area contributed by atoms with E-state index in [4.69, 9.17) is 34.2 Å². The van der Waals surface area contributed by atoms with Gasteiger partial charge in [0.1, 0.15) is 60.4 Å². The number of carbonyl (C=O) groups excluding carboxylic acids is 16. The number of benzene rings is 2. The highest BCUT2D eigenvalue weighted by atomic mass is 16.7. The van der Waals surface area contributed by atoms with Crippen molar-refractivity contribution in [3.05, 3.63) is 90.2 Å². The first kappa shape index (κ1) is 88.8. The monoisotopic (exact) mass is 1500 g/mol. The zero-order valence-electron chi connectivity index (χ0n) is 63.7. The van der Waals surface area contributed by atoms with Crippen molar-refractivity contribution < 1.29 is 105 Å². The fraction of sp³-hybridized carbons (Fsp3) is 0.568. The Morgan fingerprint density at radius 2 is 1.34 bits per heavy atom. The number of rotatable bonds is 30. The van der Waals surface area contributed by atoms with E-state index in [1.807, 2.05) is 13.8 Å². The minimum atomic E-state index is -1.99. The second-order valence-electron chi connectivity index (χ2n) is 27.7. The highest BCUT2D eigenvalue weighted by molar-refractivity contribution is 6.13. The van der Waals surface area contributed by atoms with Crippen LogP contribution in [0.3, 0.4) is 0 Å². The molecule has 1 fully saturated rings. The molecular formula is C74H105N11O22. The van der Waals surface area contributed by atoms with E-state index in [-0.39, 0.29) is 49.7 Å². The number of anilines is 1. The predicted octanol–water partition coefficient (Wildman–Crippen LogP) is 3.04. The van der Waals surface area contributed by atoms with Crippen LogP contribution in [0.5, 0.6) is 0 Å². The second-order valence-corrected chi connectivity index (χ2v) is 27.7. The minimum Gasteiger partial charge on any atom is -0.459 e. The number of hydrogen-bond acceptors (Lipinski definition) is 22. The lowest BCUT2D eigenvalue weighted by molar-refractivity contribution is -0.175. The van der Waals surface area contributed by atoms with Crippen LogP contribution in [0.25, 0.3) is 0 Å². The van der Waals surface area contributed by atoms with Gasteiger partial charge in [0.2, 0.25) is 35.4 Å². The summed E-state index contributed by atoms with van der Waals surface area (Å²) in [5.41, 5.74) is 6.01. The zero-order chi connectivity index (χ0) is 80.4. The van der Waals surface area contributed by atoms with Gasteiger partial charge in [-0.05, 0) is 101 Å². The van der Waals surface area contributed by atoms with Crippen LogP contribution in [-0.2, 0) is 109 Å². The molecule has 2 aromatic carbocycles. The number of cyclic esters (lactones) is 2. The number of methoxy groups -OCH3 is 1. The van der Waals surface area contributed by atoms with E-state index in [2.05, 4.69) is 38.5 Å². The van der Waals surface area contributed by atoms with E-state index in [9.17, 15) is 71.9 Å². The smallest absolute Gasteiger partial charge is 0.459 e. The third kappa shape index (κ3) is 26.7. The van der Waals surface area contributed by atoms with Crippen molar-refractivity contribution in [1.82, 2.24) is 46.2 Å². The molecule has 588 valence electrons. The van der Waals surface area contributed by atoms with E-state index in [0.29, 0.717) is 42.5 Å². The highest BCUT2D eigenvalue weighted by Crippen LogP contribution is 2.28. The van der Waals surface area contributed by atoms with Crippen LogP contribution >= 0.6 is 0 Å². The molecule has 2 heterocycles.